The predicted octanol–water partition coefficient (Wildman–Crippen LogP) is 3.19. The molecule has 0 fully saturated rings. The molecule has 0 amide bonds. The number of nitrogens with one attached hydrogen (secondary N) is 1. The SMILES string of the molecule is C/C(C=Nn1c(C)n[nH]c1=S)=C/c1ccccc1. The first-order chi connectivity index (χ1) is 8.66. The summed E-state index contributed by atoms with van der Waals surface area (Å²) in [4.78, 5) is 0. The fraction of sp³-hybridized carbons (Fsp3) is 0.154. The molecule has 4 nitrogen and oxygen atoms in total. The van der Waals surface area contributed by atoms with Crippen LogP contribution < -0.4 is 0 Å². The number of hydrogen-bond acceptors (Lipinski definition) is 3. The van der Waals surface area contributed by atoms with Crippen LogP contribution in [-0.2, 0) is 0 Å². The Bertz CT molecular complexity index is 635. The minimum absolute atomic E-state index is 0.497. The summed E-state index contributed by atoms with van der Waals surface area (Å²) in [7, 11) is 0. The van der Waals surface area contributed by atoms with Crippen molar-refractivity contribution in [2.24, 2.45) is 5.10 Å². The van der Waals surface area contributed by atoms with Crippen molar-refractivity contribution in [3.05, 3.63) is 52.1 Å². The van der Waals surface area contributed by atoms with E-state index in [9.17, 15) is 0 Å². The molecule has 1 heterocycles. The van der Waals surface area contributed by atoms with E-state index in [1.165, 1.54) is 0 Å². The summed E-state index contributed by atoms with van der Waals surface area (Å²) in [5, 5.41) is 11.0. The van der Waals surface area contributed by atoms with Crippen LogP contribution in [0.1, 0.15) is 18.3 Å². The van der Waals surface area contributed by atoms with Gasteiger partial charge < -0.3 is 0 Å². The number of aromatic amines is 1. The summed E-state index contributed by atoms with van der Waals surface area (Å²) in [5.41, 5.74) is 2.19. The van der Waals surface area contributed by atoms with Gasteiger partial charge in [0.15, 0.2) is 0 Å². The number of rotatable bonds is 3. The van der Waals surface area contributed by atoms with Gasteiger partial charge in [0.25, 0.3) is 0 Å². The first-order valence-corrected chi connectivity index (χ1v) is 5.99. The Hall–Kier alpha value is -2.01. The summed E-state index contributed by atoms with van der Waals surface area (Å²) < 4.78 is 2.09. The first-order valence-electron chi connectivity index (χ1n) is 5.58. The van der Waals surface area contributed by atoms with E-state index in [1.54, 1.807) is 10.9 Å². The van der Waals surface area contributed by atoms with E-state index < -0.39 is 0 Å². The maximum atomic E-state index is 5.07. The summed E-state index contributed by atoms with van der Waals surface area (Å²) in [6, 6.07) is 10.1. The van der Waals surface area contributed by atoms with Gasteiger partial charge in [-0.05, 0) is 37.2 Å². The maximum Gasteiger partial charge on any atom is 0.216 e. The zero-order valence-electron chi connectivity index (χ0n) is 10.3. The highest BCUT2D eigenvalue weighted by Crippen LogP contribution is 2.05. The molecule has 0 aliphatic carbocycles. The molecule has 0 radical (unpaired) electrons. The van der Waals surface area contributed by atoms with Gasteiger partial charge in [-0.3, -0.25) is 5.10 Å². The number of benzene rings is 1. The van der Waals surface area contributed by atoms with E-state index in [2.05, 4.69) is 21.4 Å². The highest BCUT2D eigenvalue weighted by molar-refractivity contribution is 7.71. The van der Waals surface area contributed by atoms with E-state index in [0.717, 1.165) is 17.0 Å². The molecule has 18 heavy (non-hydrogen) atoms. The third kappa shape index (κ3) is 3.01. The number of aryl methyl sites for hydroxylation is 1. The normalized spacial score (nSPS) is 12.2. The zero-order chi connectivity index (χ0) is 13.0. The summed E-state index contributed by atoms with van der Waals surface area (Å²) in [6.07, 6.45) is 3.83. The molecule has 5 heteroatoms. The van der Waals surface area contributed by atoms with Gasteiger partial charge in [0.1, 0.15) is 5.82 Å². The number of hydrogen-bond donors (Lipinski definition) is 1. The summed E-state index contributed by atoms with van der Waals surface area (Å²) in [5.74, 6) is 0.740. The van der Waals surface area contributed by atoms with Gasteiger partial charge in [-0.1, -0.05) is 36.4 Å². The Balaban J connectivity index is 2.20. The average Bonchev–Trinajstić information content (AvgIpc) is 2.68. The lowest BCUT2D eigenvalue weighted by Gasteiger charge is -1.96. The molecule has 1 N–H and O–H groups in total. The molecule has 0 saturated carbocycles. The molecule has 2 aromatic rings. The number of H-pyrrole nitrogens is 1. The minimum atomic E-state index is 0.497. The standard InChI is InChI=1S/C13H14N4S/c1-10(8-12-6-4-3-5-7-12)9-14-17-11(2)15-16-13(17)18/h3-9H,1-2H3,(H,16,18)/b10-8-,14-9?. The van der Waals surface area contributed by atoms with E-state index in [4.69, 9.17) is 12.2 Å². The van der Waals surface area contributed by atoms with Crippen LogP contribution in [0.15, 0.2) is 41.0 Å². The number of aromatic nitrogens is 3. The van der Waals surface area contributed by atoms with Crippen LogP contribution in [0.4, 0.5) is 0 Å². The molecule has 0 aliphatic rings. The molecule has 1 aromatic heterocycles. The summed E-state index contributed by atoms with van der Waals surface area (Å²) >= 11 is 5.07. The lowest BCUT2D eigenvalue weighted by atomic mass is 10.1. The first kappa shape index (κ1) is 12.4. The van der Waals surface area contributed by atoms with Gasteiger partial charge in [0.05, 0.1) is 6.21 Å². The van der Waals surface area contributed by atoms with Gasteiger partial charge in [0, 0.05) is 0 Å². The van der Waals surface area contributed by atoms with Crippen LogP contribution in [0.25, 0.3) is 6.08 Å². The lowest BCUT2D eigenvalue weighted by Crippen LogP contribution is -1.93. The van der Waals surface area contributed by atoms with Crippen molar-refractivity contribution in [3.8, 4) is 0 Å². The van der Waals surface area contributed by atoms with Crippen LogP contribution in [-0.4, -0.2) is 21.1 Å². The van der Waals surface area contributed by atoms with Crippen LogP contribution in [0.5, 0.6) is 0 Å². The van der Waals surface area contributed by atoms with Crippen molar-refractivity contribution < 1.29 is 0 Å². The van der Waals surface area contributed by atoms with Gasteiger partial charge in [-0.25, -0.2) is 0 Å². The van der Waals surface area contributed by atoms with Crippen molar-refractivity contribution in [2.45, 2.75) is 13.8 Å². The Kier molecular flexibility index (Phi) is 3.84. The van der Waals surface area contributed by atoms with Crippen LogP contribution >= 0.6 is 12.2 Å². The average molecular weight is 258 g/mol. The second kappa shape index (κ2) is 5.55. The lowest BCUT2D eigenvalue weighted by molar-refractivity contribution is 0.820. The van der Waals surface area contributed by atoms with E-state index in [1.807, 2.05) is 44.2 Å². The highest BCUT2D eigenvalue weighted by Gasteiger charge is 1.96. The molecule has 0 spiro atoms. The molecule has 0 aliphatic heterocycles. The number of allylic oxidation sites excluding steroid dienone is 1. The Morgan fingerprint density at radius 1 is 1.39 bits per heavy atom. The van der Waals surface area contributed by atoms with Crippen molar-refractivity contribution in [1.29, 1.82) is 0 Å². The minimum Gasteiger partial charge on any atom is -0.250 e. The third-order valence-electron chi connectivity index (χ3n) is 2.38. The molecule has 0 atom stereocenters. The van der Waals surface area contributed by atoms with Gasteiger partial charge >= 0.3 is 0 Å². The molecular formula is C13H14N4S. The monoisotopic (exact) mass is 258 g/mol. The molecule has 92 valence electrons. The summed E-state index contributed by atoms with van der Waals surface area (Å²) in [6.45, 7) is 3.84. The van der Waals surface area contributed by atoms with Crippen molar-refractivity contribution >= 4 is 24.5 Å². The Labute approximate surface area is 111 Å². The van der Waals surface area contributed by atoms with Gasteiger partial charge in [0.2, 0.25) is 4.77 Å². The van der Waals surface area contributed by atoms with E-state index in [-0.39, 0.29) is 0 Å². The van der Waals surface area contributed by atoms with Gasteiger partial charge in [-0.15, -0.1) is 0 Å². The second-order valence-corrected chi connectivity index (χ2v) is 4.32. The fourth-order valence-corrected chi connectivity index (χ4v) is 1.73. The predicted molar refractivity (Wildman–Crippen MR) is 76.1 cm³/mol. The second-order valence-electron chi connectivity index (χ2n) is 3.93. The Morgan fingerprint density at radius 2 is 2.11 bits per heavy atom. The van der Waals surface area contributed by atoms with Crippen molar-refractivity contribution in [1.82, 2.24) is 14.9 Å². The third-order valence-corrected chi connectivity index (χ3v) is 2.65. The zero-order valence-corrected chi connectivity index (χ0v) is 11.1. The van der Waals surface area contributed by atoms with Gasteiger partial charge in [-0.2, -0.15) is 14.9 Å². The van der Waals surface area contributed by atoms with E-state index >= 15 is 0 Å². The number of nitrogens with zero attached hydrogens (tertiary/aromatic N) is 3. The fourth-order valence-electron chi connectivity index (χ4n) is 1.50. The Morgan fingerprint density at radius 3 is 2.72 bits per heavy atom. The molecule has 1 aromatic carbocycles. The largest absolute Gasteiger partial charge is 0.250 e. The topological polar surface area (TPSA) is 46.0 Å². The molecule has 0 unspecified atom stereocenters. The molecule has 2 rings (SSSR count). The van der Waals surface area contributed by atoms with Crippen molar-refractivity contribution in [2.75, 3.05) is 0 Å². The van der Waals surface area contributed by atoms with Crippen molar-refractivity contribution in [3.63, 3.8) is 0 Å². The smallest absolute Gasteiger partial charge is 0.216 e. The quantitative estimate of drug-likeness (QED) is 0.679. The molecule has 0 saturated heterocycles. The molecular weight excluding hydrogens is 244 g/mol. The van der Waals surface area contributed by atoms with Crippen LogP contribution in [0.2, 0.25) is 0 Å². The molecule has 0 bridgehead atoms. The maximum absolute atomic E-state index is 5.07. The highest BCUT2D eigenvalue weighted by atomic mass is 32.1. The van der Waals surface area contributed by atoms with Crippen LogP contribution in [0.3, 0.4) is 0 Å². The van der Waals surface area contributed by atoms with Crippen LogP contribution in [0, 0.1) is 11.7 Å². The van der Waals surface area contributed by atoms with E-state index in [0.29, 0.717) is 4.77 Å².